The molecule has 0 saturated carbocycles. The minimum atomic E-state index is -0.416. The van der Waals surface area contributed by atoms with Crippen LogP contribution in [0.15, 0.2) is 12.3 Å². The smallest absolute Gasteiger partial charge is 0.295 e. The van der Waals surface area contributed by atoms with E-state index in [4.69, 9.17) is 11.6 Å². The van der Waals surface area contributed by atoms with Gasteiger partial charge < -0.3 is 5.32 Å². The summed E-state index contributed by atoms with van der Waals surface area (Å²) in [5.74, 6) is 0.332. The Morgan fingerprint density at radius 2 is 2.33 bits per heavy atom. The summed E-state index contributed by atoms with van der Waals surface area (Å²) in [6.45, 7) is 3.78. The van der Waals surface area contributed by atoms with Crippen molar-refractivity contribution in [3.05, 3.63) is 34.6 Å². The van der Waals surface area contributed by atoms with Crippen molar-refractivity contribution < 1.29 is 4.79 Å². The summed E-state index contributed by atoms with van der Waals surface area (Å²) in [7, 11) is 0. The molecule has 7 heteroatoms. The Morgan fingerprint density at radius 1 is 1.56 bits per heavy atom. The third-order valence-electron chi connectivity index (χ3n) is 2.29. The van der Waals surface area contributed by atoms with Gasteiger partial charge in [0.2, 0.25) is 5.82 Å². The standard InChI is InChI=1S/C11H12ClN5O/c1-3-8-15-10(17-16-8)11(18)14-7-4-6(2)5-13-9(7)12/h4-5H,3H2,1-2H3,(H,14,18)(H,15,16,17). The first-order chi connectivity index (χ1) is 8.60. The van der Waals surface area contributed by atoms with Gasteiger partial charge in [-0.3, -0.25) is 9.89 Å². The fraction of sp³-hybridized carbons (Fsp3) is 0.273. The van der Waals surface area contributed by atoms with Gasteiger partial charge in [0, 0.05) is 12.6 Å². The van der Waals surface area contributed by atoms with Crippen molar-refractivity contribution in [3.63, 3.8) is 0 Å². The van der Waals surface area contributed by atoms with E-state index in [9.17, 15) is 4.79 Å². The summed E-state index contributed by atoms with van der Waals surface area (Å²) in [6, 6.07) is 1.74. The van der Waals surface area contributed by atoms with Crippen LogP contribution in [-0.4, -0.2) is 26.1 Å². The topological polar surface area (TPSA) is 83.6 Å². The van der Waals surface area contributed by atoms with Gasteiger partial charge in [-0.1, -0.05) is 18.5 Å². The molecule has 2 heterocycles. The van der Waals surface area contributed by atoms with E-state index in [2.05, 4.69) is 25.5 Å². The number of aromatic amines is 1. The maximum absolute atomic E-state index is 11.9. The van der Waals surface area contributed by atoms with Crippen LogP contribution in [0, 0.1) is 6.92 Å². The van der Waals surface area contributed by atoms with Gasteiger partial charge in [0.05, 0.1) is 5.69 Å². The number of aromatic nitrogens is 4. The Balaban J connectivity index is 2.18. The number of halogens is 1. The third kappa shape index (κ3) is 2.65. The fourth-order valence-electron chi connectivity index (χ4n) is 1.37. The second-order valence-electron chi connectivity index (χ2n) is 3.76. The highest BCUT2D eigenvalue weighted by Crippen LogP contribution is 2.20. The van der Waals surface area contributed by atoms with Crippen LogP contribution < -0.4 is 5.32 Å². The third-order valence-corrected chi connectivity index (χ3v) is 2.59. The van der Waals surface area contributed by atoms with Crippen LogP contribution in [0.4, 0.5) is 5.69 Å². The van der Waals surface area contributed by atoms with Gasteiger partial charge in [-0.15, -0.1) is 5.10 Å². The van der Waals surface area contributed by atoms with Crippen molar-refractivity contribution >= 4 is 23.2 Å². The van der Waals surface area contributed by atoms with E-state index in [1.54, 1.807) is 12.3 Å². The van der Waals surface area contributed by atoms with Gasteiger partial charge in [-0.25, -0.2) is 9.97 Å². The Kier molecular flexibility index (Phi) is 3.57. The molecule has 1 amide bonds. The number of carbonyl (C=O) groups excluding carboxylic acids is 1. The van der Waals surface area contributed by atoms with Crippen molar-refractivity contribution in [2.75, 3.05) is 5.32 Å². The number of hydrogen-bond donors (Lipinski definition) is 2. The normalized spacial score (nSPS) is 10.4. The molecule has 0 aliphatic heterocycles. The first-order valence-corrected chi connectivity index (χ1v) is 5.82. The van der Waals surface area contributed by atoms with Crippen LogP contribution in [0.2, 0.25) is 5.15 Å². The SMILES string of the molecule is CCc1nc(C(=O)Nc2cc(C)cnc2Cl)n[nH]1. The second kappa shape index (κ2) is 5.14. The molecule has 0 aliphatic carbocycles. The van der Waals surface area contributed by atoms with E-state index in [-0.39, 0.29) is 11.0 Å². The van der Waals surface area contributed by atoms with Crippen LogP contribution in [0.1, 0.15) is 28.9 Å². The molecule has 0 bridgehead atoms. The number of nitrogens with one attached hydrogen (secondary N) is 2. The van der Waals surface area contributed by atoms with Gasteiger partial charge >= 0.3 is 0 Å². The van der Waals surface area contributed by atoms with Crippen LogP contribution in [0.25, 0.3) is 0 Å². The van der Waals surface area contributed by atoms with Crippen molar-refractivity contribution in [2.24, 2.45) is 0 Å². The van der Waals surface area contributed by atoms with E-state index >= 15 is 0 Å². The molecular formula is C11H12ClN5O. The average Bonchev–Trinajstić information content (AvgIpc) is 2.82. The van der Waals surface area contributed by atoms with Crippen LogP contribution in [0.3, 0.4) is 0 Å². The summed E-state index contributed by atoms with van der Waals surface area (Å²) in [4.78, 5) is 19.8. The second-order valence-corrected chi connectivity index (χ2v) is 4.12. The van der Waals surface area contributed by atoms with Gasteiger partial charge in [-0.05, 0) is 18.6 Å². The van der Waals surface area contributed by atoms with Crippen LogP contribution in [0.5, 0.6) is 0 Å². The Morgan fingerprint density at radius 3 is 3.00 bits per heavy atom. The molecule has 0 aliphatic rings. The molecule has 2 N–H and O–H groups in total. The molecule has 18 heavy (non-hydrogen) atoms. The zero-order valence-corrected chi connectivity index (χ0v) is 10.7. The minimum absolute atomic E-state index is 0.0874. The highest BCUT2D eigenvalue weighted by molar-refractivity contribution is 6.32. The van der Waals surface area contributed by atoms with Gasteiger partial charge in [0.1, 0.15) is 5.82 Å². The maximum Gasteiger partial charge on any atom is 0.295 e. The molecule has 0 fully saturated rings. The lowest BCUT2D eigenvalue weighted by molar-refractivity contribution is 0.101. The van der Waals surface area contributed by atoms with E-state index in [0.29, 0.717) is 17.9 Å². The van der Waals surface area contributed by atoms with Crippen LogP contribution >= 0.6 is 11.6 Å². The molecule has 2 aromatic heterocycles. The number of nitrogens with zero attached hydrogens (tertiary/aromatic N) is 3. The molecule has 0 atom stereocenters. The van der Waals surface area contributed by atoms with Crippen molar-refractivity contribution in [3.8, 4) is 0 Å². The number of amides is 1. The summed E-state index contributed by atoms with van der Waals surface area (Å²) in [5, 5.41) is 9.36. The summed E-state index contributed by atoms with van der Waals surface area (Å²) < 4.78 is 0. The van der Waals surface area contributed by atoms with Crippen LogP contribution in [-0.2, 0) is 6.42 Å². The number of anilines is 1. The first-order valence-electron chi connectivity index (χ1n) is 5.45. The molecule has 0 radical (unpaired) electrons. The number of hydrogen-bond acceptors (Lipinski definition) is 4. The first kappa shape index (κ1) is 12.5. The van der Waals surface area contributed by atoms with Crippen molar-refractivity contribution in [1.82, 2.24) is 20.2 Å². The minimum Gasteiger partial charge on any atom is -0.317 e. The number of aryl methyl sites for hydroxylation is 2. The van der Waals surface area contributed by atoms with Gasteiger partial charge in [-0.2, -0.15) is 0 Å². The quantitative estimate of drug-likeness (QED) is 0.831. The fourth-order valence-corrected chi connectivity index (χ4v) is 1.52. The van der Waals surface area contributed by atoms with Crippen molar-refractivity contribution in [1.29, 1.82) is 0 Å². The van der Waals surface area contributed by atoms with E-state index in [1.165, 1.54) is 0 Å². The number of H-pyrrole nitrogens is 1. The monoisotopic (exact) mass is 265 g/mol. The lowest BCUT2D eigenvalue weighted by Crippen LogP contribution is -2.14. The molecule has 94 valence electrons. The summed E-state index contributed by atoms with van der Waals surface area (Å²) in [5.41, 5.74) is 1.35. The Bertz CT molecular complexity index is 581. The van der Waals surface area contributed by atoms with Gasteiger partial charge in [0.25, 0.3) is 5.91 Å². The maximum atomic E-state index is 11.9. The van der Waals surface area contributed by atoms with E-state index < -0.39 is 5.91 Å². The molecular weight excluding hydrogens is 254 g/mol. The van der Waals surface area contributed by atoms with Gasteiger partial charge in [0.15, 0.2) is 5.15 Å². The molecule has 2 aromatic rings. The highest BCUT2D eigenvalue weighted by atomic mass is 35.5. The lowest BCUT2D eigenvalue weighted by Gasteiger charge is -2.04. The van der Waals surface area contributed by atoms with Crippen molar-refractivity contribution in [2.45, 2.75) is 20.3 Å². The average molecular weight is 266 g/mol. The molecule has 0 aromatic carbocycles. The molecule has 2 rings (SSSR count). The number of carbonyl (C=O) groups is 1. The lowest BCUT2D eigenvalue weighted by atomic mass is 10.3. The Labute approximate surface area is 109 Å². The Hall–Kier alpha value is -1.95. The predicted octanol–water partition coefficient (Wildman–Crippen LogP) is 1.98. The highest BCUT2D eigenvalue weighted by Gasteiger charge is 2.14. The molecule has 6 nitrogen and oxygen atoms in total. The molecule has 0 spiro atoms. The molecule has 0 unspecified atom stereocenters. The van der Waals surface area contributed by atoms with E-state index in [1.807, 2.05) is 13.8 Å². The number of rotatable bonds is 3. The van der Waals surface area contributed by atoms with E-state index in [0.717, 1.165) is 5.56 Å². The largest absolute Gasteiger partial charge is 0.317 e. The predicted molar refractivity (Wildman–Crippen MR) is 67.7 cm³/mol. The zero-order valence-electron chi connectivity index (χ0n) is 9.99. The number of pyridine rings is 1. The zero-order chi connectivity index (χ0) is 13.1. The summed E-state index contributed by atoms with van der Waals surface area (Å²) in [6.07, 6.45) is 2.31. The molecule has 0 saturated heterocycles. The summed E-state index contributed by atoms with van der Waals surface area (Å²) >= 11 is 5.89.